The first kappa shape index (κ1) is 39.5. The standard InChI is InChI=1S/C16H34.C12H26.C7H16/c1-6-9-12-16(15(4)5,13-10-7-2)14-11-8-3;1-5-7-9-12(11(3)4)10-8-6-2;1-4-5-6-7(2)3/h15H,6-14H2,1-5H3;11-12H,5-10H2,1-4H3;7H,4-6H2,1-3H3. The van der Waals surface area contributed by atoms with E-state index in [-0.39, 0.29) is 0 Å². The molecule has 0 radical (unpaired) electrons. The Morgan fingerprint density at radius 2 is 0.743 bits per heavy atom. The summed E-state index contributed by atoms with van der Waals surface area (Å²) in [4.78, 5) is 0. The van der Waals surface area contributed by atoms with Crippen molar-refractivity contribution < 1.29 is 0 Å². The van der Waals surface area contributed by atoms with Crippen molar-refractivity contribution >= 4 is 0 Å². The molecule has 0 aromatic heterocycles. The highest BCUT2D eigenvalue weighted by molar-refractivity contribution is 4.82. The van der Waals surface area contributed by atoms with Crippen LogP contribution >= 0.6 is 0 Å². The summed E-state index contributed by atoms with van der Waals surface area (Å²) in [5, 5.41) is 0. The molecule has 0 fully saturated rings. The molecule has 35 heavy (non-hydrogen) atoms. The Morgan fingerprint density at radius 1 is 0.429 bits per heavy atom. The molecule has 0 unspecified atom stereocenters. The number of rotatable bonds is 20. The minimum atomic E-state index is 0.655. The van der Waals surface area contributed by atoms with Crippen LogP contribution in [-0.4, -0.2) is 0 Å². The Kier molecular flexibility index (Phi) is 32.3. The summed E-state index contributed by atoms with van der Waals surface area (Å²) in [6, 6.07) is 0. The van der Waals surface area contributed by atoms with Crippen molar-refractivity contribution in [2.45, 2.75) is 199 Å². The predicted molar refractivity (Wildman–Crippen MR) is 168 cm³/mol. The Bertz CT molecular complexity index is 334. The normalized spacial score (nSPS) is 11.7. The van der Waals surface area contributed by atoms with Gasteiger partial charge in [-0.3, -0.25) is 0 Å². The van der Waals surface area contributed by atoms with Gasteiger partial charge in [-0.1, -0.05) is 179 Å². The molecule has 0 bridgehead atoms. The van der Waals surface area contributed by atoms with Crippen LogP contribution in [0.5, 0.6) is 0 Å². The maximum absolute atomic E-state index is 2.45. The average molecular weight is 497 g/mol. The van der Waals surface area contributed by atoms with E-state index in [0.29, 0.717) is 5.41 Å². The van der Waals surface area contributed by atoms with Crippen molar-refractivity contribution in [1.82, 2.24) is 0 Å². The predicted octanol–water partition coefficient (Wildman–Crippen LogP) is 13.7. The summed E-state index contributed by atoms with van der Waals surface area (Å²) < 4.78 is 0. The molecule has 0 nitrogen and oxygen atoms in total. The molecule has 216 valence electrons. The molecule has 0 aliphatic heterocycles. The van der Waals surface area contributed by atoms with Gasteiger partial charge in [0.1, 0.15) is 0 Å². The molecular weight excluding hydrogens is 420 g/mol. The number of hydrogen-bond donors (Lipinski definition) is 0. The molecule has 0 aliphatic rings. The molecule has 0 atom stereocenters. The fraction of sp³-hybridized carbons (Fsp3) is 1.00. The maximum atomic E-state index is 2.45. The van der Waals surface area contributed by atoms with Crippen LogP contribution < -0.4 is 0 Å². The summed E-state index contributed by atoms with van der Waals surface area (Å²) in [6.07, 6.45) is 25.3. The number of hydrogen-bond acceptors (Lipinski definition) is 0. The summed E-state index contributed by atoms with van der Waals surface area (Å²) >= 11 is 0. The second kappa shape index (κ2) is 28.6. The first-order chi connectivity index (χ1) is 16.6. The van der Waals surface area contributed by atoms with Gasteiger partial charge in [0.15, 0.2) is 0 Å². The van der Waals surface area contributed by atoms with Gasteiger partial charge in [0.25, 0.3) is 0 Å². The lowest BCUT2D eigenvalue weighted by Crippen LogP contribution is -2.27. The molecule has 0 aromatic rings. The zero-order valence-corrected chi connectivity index (χ0v) is 27.5. The SMILES string of the molecule is CCCCC(C)C.CCCCC(CCCC)(CCCC)C(C)C.CCCCC(CCCC)C(C)C. The van der Waals surface area contributed by atoms with Crippen LogP contribution in [-0.2, 0) is 0 Å². The van der Waals surface area contributed by atoms with Gasteiger partial charge >= 0.3 is 0 Å². The molecule has 0 heterocycles. The fourth-order valence-corrected chi connectivity index (χ4v) is 5.18. The fourth-order valence-electron chi connectivity index (χ4n) is 5.18. The largest absolute Gasteiger partial charge is 0.0654 e. The van der Waals surface area contributed by atoms with Gasteiger partial charge in [0, 0.05) is 0 Å². The minimum absolute atomic E-state index is 0.655. The van der Waals surface area contributed by atoms with Gasteiger partial charge < -0.3 is 0 Å². The Morgan fingerprint density at radius 3 is 0.943 bits per heavy atom. The highest BCUT2D eigenvalue weighted by atomic mass is 14.4. The van der Waals surface area contributed by atoms with Crippen LogP contribution in [0.25, 0.3) is 0 Å². The highest BCUT2D eigenvalue weighted by Crippen LogP contribution is 2.43. The van der Waals surface area contributed by atoms with E-state index in [9.17, 15) is 0 Å². The van der Waals surface area contributed by atoms with Crippen molar-refractivity contribution in [2.24, 2.45) is 29.1 Å². The Hall–Kier alpha value is 0. The van der Waals surface area contributed by atoms with Crippen LogP contribution in [0.3, 0.4) is 0 Å². The molecule has 0 spiro atoms. The summed E-state index contributed by atoms with van der Waals surface area (Å²) in [5.41, 5.74) is 0.655. The second-order valence-corrected chi connectivity index (χ2v) is 12.7. The van der Waals surface area contributed by atoms with Crippen LogP contribution in [0.4, 0.5) is 0 Å². The van der Waals surface area contributed by atoms with Crippen molar-refractivity contribution in [3.8, 4) is 0 Å². The third kappa shape index (κ3) is 25.4. The number of unbranched alkanes of at least 4 members (excludes halogenated alkanes) is 6. The third-order valence-electron chi connectivity index (χ3n) is 8.24. The lowest BCUT2D eigenvalue weighted by atomic mass is 9.67. The van der Waals surface area contributed by atoms with Gasteiger partial charge in [0.05, 0.1) is 0 Å². The van der Waals surface area contributed by atoms with Crippen LogP contribution in [0.2, 0.25) is 0 Å². The van der Waals surface area contributed by atoms with E-state index in [1.165, 1.54) is 116 Å². The Balaban J connectivity index is -0.000000474. The maximum Gasteiger partial charge on any atom is -0.0274 e. The van der Waals surface area contributed by atoms with Gasteiger partial charge in [-0.2, -0.15) is 0 Å². The van der Waals surface area contributed by atoms with E-state index in [2.05, 4.69) is 83.1 Å². The van der Waals surface area contributed by atoms with E-state index >= 15 is 0 Å². The quantitative estimate of drug-likeness (QED) is 0.157. The second-order valence-electron chi connectivity index (χ2n) is 12.7. The lowest BCUT2D eigenvalue weighted by Gasteiger charge is -2.38. The summed E-state index contributed by atoms with van der Waals surface area (Å²) in [7, 11) is 0. The first-order valence-corrected chi connectivity index (χ1v) is 16.6. The molecule has 0 aliphatic carbocycles. The van der Waals surface area contributed by atoms with Gasteiger partial charge in [0.2, 0.25) is 0 Å². The summed E-state index contributed by atoms with van der Waals surface area (Å²) in [5.74, 6) is 3.64. The molecule has 0 amide bonds. The van der Waals surface area contributed by atoms with E-state index in [1.807, 2.05) is 0 Å². The van der Waals surface area contributed by atoms with E-state index < -0.39 is 0 Å². The molecule has 0 rings (SSSR count). The third-order valence-corrected chi connectivity index (χ3v) is 8.24. The topological polar surface area (TPSA) is 0 Å². The molecule has 0 aromatic carbocycles. The molecule has 0 heteroatoms. The average Bonchev–Trinajstić information content (AvgIpc) is 2.83. The Labute approximate surface area is 227 Å². The van der Waals surface area contributed by atoms with Crippen molar-refractivity contribution in [3.63, 3.8) is 0 Å². The zero-order valence-electron chi connectivity index (χ0n) is 27.5. The zero-order chi connectivity index (χ0) is 27.5. The molecule has 0 saturated carbocycles. The molecule has 0 saturated heterocycles. The van der Waals surface area contributed by atoms with Crippen LogP contribution in [0.15, 0.2) is 0 Å². The first-order valence-electron chi connectivity index (χ1n) is 16.6. The monoisotopic (exact) mass is 497 g/mol. The van der Waals surface area contributed by atoms with Crippen molar-refractivity contribution in [2.75, 3.05) is 0 Å². The molecular formula is C35H76. The smallest absolute Gasteiger partial charge is 0.0274 e. The van der Waals surface area contributed by atoms with Gasteiger partial charge in [-0.15, -0.1) is 0 Å². The van der Waals surface area contributed by atoms with Crippen molar-refractivity contribution in [3.05, 3.63) is 0 Å². The van der Waals surface area contributed by atoms with Crippen LogP contribution in [0.1, 0.15) is 199 Å². The molecule has 0 N–H and O–H groups in total. The lowest BCUT2D eigenvalue weighted by molar-refractivity contribution is 0.126. The van der Waals surface area contributed by atoms with Crippen molar-refractivity contribution in [1.29, 1.82) is 0 Å². The van der Waals surface area contributed by atoms with Gasteiger partial charge in [-0.05, 0) is 48.3 Å². The van der Waals surface area contributed by atoms with Crippen LogP contribution in [0, 0.1) is 29.1 Å². The van der Waals surface area contributed by atoms with E-state index in [4.69, 9.17) is 0 Å². The minimum Gasteiger partial charge on any atom is -0.0654 e. The van der Waals surface area contributed by atoms with Gasteiger partial charge in [-0.25, -0.2) is 0 Å². The van der Waals surface area contributed by atoms with E-state index in [1.54, 1.807) is 0 Å². The highest BCUT2D eigenvalue weighted by Gasteiger charge is 2.31. The van der Waals surface area contributed by atoms with E-state index in [0.717, 1.165) is 23.7 Å². The summed E-state index contributed by atoms with van der Waals surface area (Å²) in [6.45, 7) is 28.0.